The second-order valence-corrected chi connectivity index (χ2v) is 5.47. The highest BCUT2D eigenvalue weighted by Crippen LogP contribution is 2.49. The van der Waals surface area contributed by atoms with Gasteiger partial charge in [0.25, 0.3) is 0 Å². The Morgan fingerprint density at radius 1 is 1.47 bits per heavy atom. The molecule has 0 saturated heterocycles. The Morgan fingerprint density at radius 3 is 2.74 bits per heavy atom. The number of urea groups is 1. The zero-order valence-corrected chi connectivity index (χ0v) is 11.8. The molecule has 0 unspecified atom stereocenters. The van der Waals surface area contributed by atoms with Crippen LogP contribution in [0.1, 0.15) is 18.4 Å². The van der Waals surface area contributed by atoms with Crippen molar-refractivity contribution in [2.45, 2.75) is 18.3 Å². The molecule has 4 nitrogen and oxygen atoms in total. The summed E-state index contributed by atoms with van der Waals surface area (Å²) in [5, 5.41) is 12.5. The van der Waals surface area contributed by atoms with E-state index in [1.54, 1.807) is 7.05 Å². The number of likely N-dealkylation sites (N-methyl/N-ethyl adjacent to an activating group) is 1. The number of carbonyl (C=O) groups excluding carboxylic acids is 1. The number of hydrogen-bond acceptors (Lipinski definition) is 2. The lowest BCUT2D eigenvalue weighted by Crippen LogP contribution is -2.42. The molecule has 0 atom stereocenters. The maximum atomic E-state index is 11.8. The molecule has 0 aromatic heterocycles. The Hall–Kier alpha value is -1.26. The molecule has 2 amide bonds. The first kappa shape index (κ1) is 14.2. The summed E-state index contributed by atoms with van der Waals surface area (Å²) < 4.78 is 0. The number of halogens is 1. The van der Waals surface area contributed by atoms with E-state index >= 15 is 0 Å². The van der Waals surface area contributed by atoms with E-state index in [0.29, 0.717) is 13.1 Å². The Bertz CT molecular complexity index is 461. The summed E-state index contributed by atoms with van der Waals surface area (Å²) in [4.78, 5) is 13.3. The van der Waals surface area contributed by atoms with Gasteiger partial charge in [-0.25, -0.2) is 4.79 Å². The second kappa shape index (κ2) is 5.80. The summed E-state index contributed by atoms with van der Waals surface area (Å²) in [5.74, 6) is 0. The molecule has 1 saturated carbocycles. The first-order chi connectivity index (χ1) is 9.09. The van der Waals surface area contributed by atoms with Crippen LogP contribution in [0.2, 0.25) is 5.02 Å². The Morgan fingerprint density at radius 2 is 2.16 bits per heavy atom. The number of rotatable bonds is 5. The Labute approximate surface area is 118 Å². The third-order valence-corrected chi connectivity index (χ3v) is 3.99. The SMILES string of the molecule is CN(CCO)C(=O)NCC1(c2ccccc2Cl)CC1. The fourth-order valence-corrected chi connectivity index (χ4v) is 2.55. The number of aliphatic hydroxyl groups excluding tert-OH is 1. The molecule has 0 bridgehead atoms. The third-order valence-electron chi connectivity index (χ3n) is 3.66. The van der Waals surface area contributed by atoms with Gasteiger partial charge in [-0.2, -0.15) is 0 Å². The minimum atomic E-state index is -0.160. The summed E-state index contributed by atoms with van der Waals surface area (Å²) in [7, 11) is 1.67. The van der Waals surface area contributed by atoms with Crippen LogP contribution in [0.3, 0.4) is 0 Å². The van der Waals surface area contributed by atoms with Crippen LogP contribution in [0.25, 0.3) is 0 Å². The molecule has 2 N–H and O–H groups in total. The average molecular weight is 283 g/mol. The van der Waals surface area contributed by atoms with Crippen molar-refractivity contribution in [1.82, 2.24) is 10.2 Å². The van der Waals surface area contributed by atoms with Crippen LogP contribution in [0.4, 0.5) is 4.79 Å². The number of hydrogen-bond donors (Lipinski definition) is 2. The lowest BCUT2D eigenvalue weighted by atomic mass is 9.96. The van der Waals surface area contributed by atoms with E-state index in [-0.39, 0.29) is 18.1 Å². The van der Waals surface area contributed by atoms with E-state index in [4.69, 9.17) is 16.7 Å². The van der Waals surface area contributed by atoms with Crippen molar-refractivity contribution in [2.24, 2.45) is 0 Å². The summed E-state index contributed by atoms with van der Waals surface area (Å²) in [6, 6.07) is 7.64. The monoisotopic (exact) mass is 282 g/mol. The maximum Gasteiger partial charge on any atom is 0.317 e. The van der Waals surface area contributed by atoms with Gasteiger partial charge in [0.05, 0.1) is 6.61 Å². The van der Waals surface area contributed by atoms with E-state index in [9.17, 15) is 4.79 Å². The van der Waals surface area contributed by atoms with Crippen LogP contribution in [0.5, 0.6) is 0 Å². The normalized spacial score (nSPS) is 15.9. The largest absolute Gasteiger partial charge is 0.395 e. The van der Waals surface area contributed by atoms with Gasteiger partial charge in [-0.05, 0) is 24.5 Å². The molecule has 1 aromatic carbocycles. The summed E-state index contributed by atoms with van der Waals surface area (Å²) in [6.07, 6.45) is 2.08. The van der Waals surface area contributed by atoms with E-state index < -0.39 is 0 Å². The fraction of sp³-hybridized carbons (Fsp3) is 0.500. The first-order valence-electron chi connectivity index (χ1n) is 6.44. The van der Waals surface area contributed by atoms with E-state index in [0.717, 1.165) is 23.4 Å². The molecular weight excluding hydrogens is 264 g/mol. The molecular formula is C14H19ClN2O2. The quantitative estimate of drug-likeness (QED) is 0.868. The molecule has 1 fully saturated rings. The Balaban J connectivity index is 1.96. The molecule has 1 aliphatic carbocycles. The predicted octanol–water partition coefficient (Wildman–Crippen LogP) is 2.01. The van der Waals surface area contributed by atoms with Gasteiger partial charge >= 0.3 is 6.03 Å². The zero-order chi connectivity index (χ0) is 13.9. The van der Waals surface area contributed by atoms with Gasteiger partial charge in [0.2, 0.25) is 0 Å². The number of benzene rings is 1. The topological polar surface area (TPSA) is 52.6 Å². The fourth-order valence-electron chi connectivity index (χ4n) is 2.21. The summed E-state index contributed by atoms with van der Waals surface area (Å²) in [6.45, 7) is 0.899. The first-order valence-corrected chi connectivity index (χ1v) is 6.82. The van der Waals surface area contributed by atoms with Crippen molar-refractivity contribution in [3.63, 3.8) is 0 Å². The van der Waals surface area contributed by atoms with Crippen molar-refractivity contribution in [2.75, 3.05) is 26.7 Å². The molecule has 0 heterocycles. The number of amides is 2. The molecule has 104 valence electrons. The van der Waals surface area contributed by atoms with Gasteiger partial charge in [0.15, 0.2) is 0 Å². The lowest BCUT2D eigenvalue weighted by molar-refractivity contribution is 0.189. The van der Waals surface area contributed by atoms with Crippen LogP contribution < -0.4 is 5.32 Å². The van der Waals surface area contributed by atoms with Gasteiger partial charge in [0, 0.05) is 30.6 Å². The van der Waals surface area contributed by atoms with Gasteiger partial charge in [-0.15, -0.1) is 0 Å². The van der Waals surface area contributed by atoms with Gasteiger partial charge in [-0.3, -0.25) is 0 Å². The Kier molecular flexibility index (Phi) is 4.32. The van der Waals surface area contributed by atoms with E-state index in [1.165, 1.54) is 4.90 Å². The number of nitrogens with one attached hydrogen (secondary N) is 1. The van der Waals surface area contributed by atoms with E-state index in [1.807, 2.05) is 24.3 Å². The van der Waals surface area contributed by atoms with Crippen molar-refractivity contribution in [3.05, 3.63) is 34.9 Å². The minimum Gasteiger partial charge on any atom is -0.395 e. The van der Waals surface area contributed by atoms with Crippen LogP contribution in [0.15, 0.2) is 24.3 Å². The molecule has 0 spiro atoms. The molecule has 1 aliphatic rings. The third kappa shape index (κ3) is 3.19. The standard InChI is InChI=1S/C14H19ClN2O2/c1-17(8-9-18)13(19)16-10-14(6-7-14)11-4-2-3-5-12(11)15/h2-5,18H,6-10H2,1H3,(H,16,19). The number of carbonyl (C=O) groups is 1. The number of aliphatic hydroxyl groups is 1. The van der Waals surface area contributed by atoms with Crippen molar-refractivity contribution in [1.29, 1.82) is 0 Å². The second-order valence-electron chi connectivity index (χ2n) is 5.06. The minimum absolute atomic E-state index is 0.00589. The molecule has 19 heavy (non-hydrogen) atoms. The highest BCUT2D eigenvalue weighted by molar-refractivity contribution is 6.31. The molecule has 0 aliphatic heterocycles. The van der Waals surface area contributed by atoms with Crippen LogP contribution in [-0.4, -0.2) is 42.8 Å². The van der Waals surface area contributed by atoms with Crippen molar-refractivity contribution < 1.29 is 9.90 Å². The highest BCUT2D eigenvalue weighted by Gasteiger charge is 2.45. The lowest BCUT2D eigenvalue weighted by Gasteiger charge is -2.21. The summed E-state index contributed by atoms with van der Waals surface area (Å²) >= 11 is 6.22. The smallest absolute Gasteiger partial charge is 0.317 e. The van der Waals surface area contributed by atoms with Crippen molar-refractivity contribution >= 4 is 17.6 Å². The van der Waals surface area contributed by atoms with Gasteiger partial charge in [-0.1, -0.05) is 29.8 Å². The predicted molar refractivity (Wildman–Crippen MR) is 75.5 cm³/mol. The van der Waals surface area contributed by atoms with E-state index in [2.05, 4.69) is 5.32 Å². The molecule has 0 radical (unpaired) electrons. The van der Waals surface area contributed by atoms with Crippen LogP contribution in [-0.2, 0) is 5.41 Å². The van der Waals surface area contributed by atoms with Gasteiger partial charge < -0.3 is 15.3 Å². The van der Waals surface area contributed by atoms with Gasteiger partial charge in [0.1, 0.15) is 0 Å². The zero-order valence-electron chi connectivity index (χ0n) is 11.0. The summed E-state index contributed by atoms with van der Waals surface area (Å²) in [5.41, 5.74) is 1.11. The molecule has 2 rings (SSSR count). The van der Waals surface area contributed by atoms with Crippen LogP contribution in [0, 0.1) is 0 Å². The number of nitrogens with zero attached hydrogens (tertiary/aromatic N) is 1. The van der Waals surface area contributed by atoms with Crippen LogP contribution >= 0.6 is 11.6 Å². The maximum absolute atomic E-state index is 11.8. The molecule has 5 heteroatoms. The van der Waals surface area contributed by atoms with Crippen molar-refractivity contribution in [3.8, 4) is 0 Å². The molecule has 1 aromatic rings. The average Bonchev–Trinajstić information content (AvgIpc) is 3.18. The highest BCUT2D eigenvalue weighted by atomic mass is 35.5.